The quantitative estimate of drug-likeness (QED) is 0.567. The smallest absolute Gasteiger partial charge is 0.237 e. The van der Waals surface area contributed by atoms with Gasteiger partial charge in [-0.3, -0.25) is 9.69 Å². The molecule has 0 spiro atoms. The van der Waals surface area contributed by atoms with E-state index in [9.17, 15) is 4.79 Å². The lowest BCUT2D eigenvalue weighted by Gasteiger charge is -2.37. The van der Waals surface area contributed by atoms with Crippen LogP contribution in [0.2, 0.25) is 0 Å². The summed E-state index contributed by atoms with van der Waals surface area (Å²) in [5.41, 5.74) is 3.44. The molecular formula is C27H31N3O2. The minimum atomic E-state index is -0.0921. The van der Waals surface area contributed by atoms with Gasteiger partial charge in [-0.25, -0.2) is 0 Å². The fourth-order valence-electron chi connectivity index (χ4n) is 4.31. The number of likely N-dealkylation sites (N-methyl/N-ethyl adjacent to an activating group) is 1. The number of hydrogen-bond acceptors (Lipinski definition) is 4. The van der Waals surface area contributed by atoms with Gasteiger partial charge in [0.2, 0.25) is 5.91 Å². The zero-order valence-corrected chi connectivity index (χ0v) is 18.9. The van der Waals surface area contributed by atoms with Crippen molar-refractivity contribution in [2.75, 3.05) is 51.8 Å². The molecule has 1 aliphatic heterocycles. The fraction of sp³-hybridized carbons (Fsp3) is 0.296. The van der Waals surface area contributed by atoms with E-state index in [1.165, 1.54) is 5.69 Å². The molecule has 4 rings (SSSR count). The van der Waals surface area contributed by atoms with Crippen LogP contribution >= 0.6 is 0 Å². The van der Waals surface area contributed by atoms with Gasteiger partial charge in [0.1, 0.15) is 5.75 Å². The van der Waals surface area contributed by atoms with Crippen molar-refractivity contribution in [1.82, 2.24) is 9.80 Å². The zero-order valence-electron chi connectivity index (χ0n) is 18.9. The van der Waals surface area contributed by atoms with E-state index in [-0.39, 0.29) is 11.9 Å². The average molecular weight is 430 g/mol. The second kappa shape index (κ2) is 10.3. The monoisotopic (exact) mass is 429 g/mol. The van der Waals surface area contributed by atoms with Crippen LogP contribution in [0.25, 0.3) is 0 Å². The summed E-state index contributed by atoms with van der Waals surface area (Å²) in [4.78, 5) is 19.8. The van der Waals surface area contributed by atoms with Crippen molar-refractivity contribution in [3.8, 4) is 5.75 Å². The van der Waals surface area contributed by atoms with E-state index < -0.39 is 0 Å². The Kier molecular flexibility index (Phi) is 7.07. The molecule has 1 amide bonds. The highest BCUT2D eigenvalue weighted by Gasteiger charge is 2.26. The Morgan fingerprint density at radius 2 is 1.38 bits per heavy atom. The standard InChI is InChI=1S/C27H31N3O2/c1-28(27(22-9-5-3-6-10-22)23-11-7-4-8-12-23)26(31)21-29-17-19-30(20-18-29)24-13-15-25(32-2)16-14-24/h3-16,27H,17-21H2,1-2H3. The number of anilines is 1. The average Bonchev–Trinajstić information content (AvgIpc) is 2.86. The third-order valence-electron chi connectivity index (χ3n) is 6.18. The van der Waals surface area contributed by atoms with Crippen LogP contribution in [0.1, 0.15) is 17.2 Å². The predicted molar refractivity (Wildman–Crippen MR) is 129 cm³/mol. The molecule has 0 atom stereocenters. The highest BCUT2D eigenvalue weighted by atomic mass is 16.5. The Morgan fingerprint density at radius 3 is 1.88 bits per heavy atom. The molecule has 5 heteroatoms. The van der Waals surface area contributed by atoms with Gasteiger partial charge in [-0.05, 0) is 35.4 Å². The molecule has 1 heterocycles. The number of benzene rings is 3. The number of rotatable bonds is 7. The molecule has 32 heavy (non-hydrogen) atoms. The van der Waals surface area contributed by atoms with Crippen LogP contribution in [0, 0.1) is 0 Å². The number of carbonyl (C=O) groups is 1. The summed E-state index contributed by atoms with van der Waals surface area (Å²) in [6.45, 7) is 3.98. The first-order chi connectivity index (χ1) is 15.7. The number of amides is 1. The molecule has 0 bridgehead atoms. The van der Waals surface area contributed by atoms with Crippen LogP contribution < -0.4 is 9.64 Å². The molecule has 1 fully saturated rings. The van der Waals surface area contributed by atoms with Gasteiger partial charge in [-0.2, -0.15) is 0 Å². The summed E-state index contributed by atoms with van der Waals surface area (Å²) in [6, 6.07) is 28.6. The highest BCUT2D eigenvalue weighted by Crippen LogP contribution is 2.28. The molecule has 3 aromatic rings. The van der Waals surface area contributed by atoms with Crippen LogP contribution in [0.15, 0.2) is 84.9 Å². The Hall–Kier alpha value is -3.31. The zero-order chi connectivity index (χ0) is 22.3. The normalized spacial score (nSPS) is 14.4. The van der Waals surface area contributed by atoms with E-state index in [0.717, 1.165) is 43.1 Å². The summed E-state index contributed by atoms with van der Waals surface area (Å²) >= 11 is 0. The molecule has 166 valence electrons. The molecule has 0 saturated carbocycles. The van der Waals surface area contributed by atoms with Crippen LogP contribution in [0.4, 0.5) is 5.69 Å². The van der Waals surface area contributed by atoms with Crippen molar-refractivity contribution in [3.63, 3.8) is 0 Å². The summed E-state index contributed by atoms with van der Waals surface area (Å²) in [5, 5.41) is 0. The van der Waals surface area contributed by atoms with Crippen molar-refractivity contribution in [3.05, 3.63) is 96.1 Å². The van der Waals surface area contributed by atoms with E-state index in [1.807, 2.05) is 60.5 Å². The molecule has 1 saturated heterocycles. The number of hydrogen-bond donors (Lipinski definition) is 0. The third kappa shape index (κ3) is 5.11. The van der Waals surface area contributed by atoms with Crippen LogP contribution in [-0.2, 0) is 4.79 Å². The van der Waals surface area contributed by atoms with E-state index in [0.29, 0.717) is 6.54 Å². The minimum absolute atomic E-state index is 0.0921. The molecule has 0 N–H and O–H groups in total. The van der Waals surface area contributed by atoms with Gasteiger partial charge in [0.05, 0.1) is 19.7 Å². The molecule has 0 radical (unpaired) electrons. The number of ether oxygens (including phenoxy) is 1. The van der Waals surface area contributed by atoms with E-state index >= 15 is 0 Å². The lowest BCUT2D eigenvalue weighted by molar-refractivity contribution is -0.132. The van der Waals surface area contributed by atoms with Gasteiger partial charge < -0.3 is 14.5 Å². The molecule has 1 aliphatic rings. The van der Waals surface area contributed by atoms with E-state index in [2.05, 4.69) is 46.2 Å². The second-order valence-corrected chi connectivity index (χ2v) is 8.19. The second-order valence-electron chi connectivity index (χ2n) is 8.19. The Morgan fingerprint density at radius 1 is 0.844 bits per heavy atom. The molecule has 0 aromatic heterocycles. The highest BCUT2D eigenvalue weighted by molar-refractivity contribution is 5.79. The maximum absolute atomic E-state index is 13.3. The van der Waals surface area contributed by atoms with Crippen molar-refractivity contribution in [2.24, 2.45) is 0 Å². The first kappa shape index (κ1) is 21.9. The lowest BCUT2D eigenvalue weighted by atomic mass is 9.97. The SMILES string of the molecule is COc1ccc(N2CCN(CC(=O)N(C)C(c3ccccc3)c3ccccc3)CC2)cc1. The number of nitrogens with zero attached hydrogens (tertiary/aromatic N) is 3. The number of piperazine rings is 1. The number of carbonyl (C=O) groups excluding carboxylic acids is 1. The van der Waals surface area contributed by atoms with Crippen LogP contribution in [-0.4, -0.2) is 62.6 Å². The molecular weight excluding hydrogens is 398 g/mol. The van der Waals surface area contributed by atoms with Gasteiger partial charge in [-0.1, -0.05) is 60.7 Å². The van der Waals surface area contributed by atoms with Gasteiger partial charge in [0.15, 0.2) is 0 Å². The van der Waals surface area contributed by atoms with Gasteiger partial charge >= 0.3 is 0 Å². The first-order valence-electron chi connectivity index (χ1n) is 11.1. The Balaban J connectivity index is 1.39. The maximum Gasteiger partial charge on any atom is 0.237 e. The van der Waals surface area contributed by atoms with E-state index in [4.69, 9.17) is 4.74 Å². The lowest BCUT2D eigenvalue weighted by Crippen LogP contribution is -2.50. The van der Waals surface area contributed by atoms with Gasteiger partial charge in [0.25, 0.3) is 0 Å². The van der Waals surface area contributed by atoms with Crippen LogP contribution in [0.5, 0.6) is 5.75 Å². The largest absolute Gasteiger partial charge is 0.497 e. The fourth-order valence-corrected chi connectivity index (χ4v) is 4.31. The summed E-state index contributed by atoms with van der Waals surface area (Å²) in [5.74, 6) is 1.01. The van der Waals surface area contributed by atoms with Crippen LogP contribution in [0.3, 0.4) is 0 Å². The molecule has 0 aliphatic carbocycles. The minimum Gasteiger partial charge on any atom is -0.497 e. The maximum atomic E-state index is 13.3. The summed E-state index contributed by atoms with van der Waals surface area (Å²) in [6.07, 6.45) is 0. The number of methoxy groups -OCH3 is 1. The van der Waals surface area contributed by atoms with Gasteiger partial charge in [0, 0.05) is 38.9 Å². The third-order valence-corrected chi connectivity index (χ3v) is 6.18. The molecule has 5 nitrogen and oxygen atoms in total. The predicted octanol–water partition coefficient (Wildman–Crippen LogP) is 4.07. The van der Waals surface area contributed by atoms with Crippen molar-refractivity contribution in [2.45, 2.75) is 6.04 Å². The topological polar surface area (TPSA) is 36.0 Å². The van der Waals surface area contributed by atoms with Gasteiger partial charge in [-0.15, -0.1) is 0 Å². The summed E-state index contributed by atoms with van der Waals surface area (Å²) < 4.78 is 5.25. The Bertz CT molecular complexity index is 945. The Labute approximate surface area is 190 Å². The summed E-state index contributed by atoms with van der Waals surface area (Å²) in [7, 11) is 3.60. The van der Waals surface area contributed by atoms with Crippen molar-refractivity contribution < 1.29 is 9.53 Å². The van der Waals surface area contributed by atoms with E-state index in [1.54, 1.807) is 7.11 Å². The molecule has 0 unspecified atom stereocenters. The molecule has 3 aromatic carbocycles. The van der Waals surface area contributed by atoms with Crippen molar-refractivity contribution in [1.29, 1.82) is 0 Å². The first-order valence-corrected chi connectivity index (χ1v) is 11.1. The van der Waals surface area contributed by atoms with Crippen molar-refractivity contribution >= 4 is 11.6 Å².